The van der Waals surface area contributed by atoms with Crippen molar-refractivity contribution in [3.05, 3.63) is 29.3 Å². The molecule has 1 amide bonds. The SMILES string of the molecule is CN(C)C(=O)c1cc(O)cc(CC2CCCCC2)c1. The Morgan fingerprint density at radius 3 is 2.53 bits per heavy atom. The number of rotatable bonds is 3. The smallest absolute Gasteiger partial charge is 0.253 e. The van der Waals surface area contributed by atoms with E-state index in [0.717, 1.165) is 12.0 Å². The maximum absolute atomic E-state index is 12.0. The van der Waals surface area contributed by atoms with Crippen LogP contribution < -0.4 is 0 Å². The fourth-order valence-corrected chi connectivity index (χ4v) is 2.90. The Morgan fingerprint density at radius 1 is 1.21 bits per heavy atom. The molecule has 0 aliphatic heterocycles. The summed E-state index contributed by atoms with van der Waals surface area (Å²) in [6, 6.07) is 5.27. The van der Waals surface area contributed by atoms with E-state index >= 15 is 0 Å². The molecule has 1 aliphatic carbocycles. The molecule has 1 fully saturated rings. The molecule has 0 atom stereocenters. The minimum Gasteiger partial charge on any atom is -0.508 e. The number of aromatic hydroxyl groups is 1. The molecule has 1 aliphatic rings. The normalized spacial score (nSPS) is 16.3. The van der Waals surface area contributed by atoms with Gasteiger partial charge in [-0.1, -0.05) is 32.1 Å². The van der Waals surface area contributed by atoms with E-state index in [4.69, 9.17) is 0 Å². The maximum Gasteiger partial charge on any atom is 0.253 e. The first-order valence-corrected chi connectivity index (χ1v) is 7.11. The van der Waals surface area contributed by atoms with Crippen molar-refractivity contribution in [1.82, 2.24) is 4.90 Å². The summed E-state index contributed by atoms with van der Waals surface area (Å²) in [5.41, 5.74) is 1.66. The zero-order chi connectivity index (χ0) is 13.8. The topological polar surface area (TPSA) is 40.5 Å². The lowest BCUT2D eigenvalue weighted by Crippen LogP contribution is -2.21. The van der Waals surface area contributed by atoms with Gasteiger partial charge in [-0.15, -0.1) is 0 Å². The van der Waals surface area contributed by atoms with Gasteiger partial charge in [-0.05, 0) is 36.1 Å². The lowest BCUT2D eigenvalue weighted by atomic mass is 9.84. The highest BCUT2D eigenvalue weighted by Crippen LogP contribution is 2.28. The molecule has 2 rings (SSSR count). The quantitative estimate of drug-likeness (QED) is 0.907. The minimum absolute atomic E-state index is 0.0548. The Labute approximate surface area is 115 Å². The van der Waals surface area contributed by atoms with Gasteiger partial charge in [0, 0.05) is 19.7 Å². The zero-order valence-electron chi connectivity index (χ0n) is 11.9. The third kappa shape index (κ3) is 3.72. The molecule has 0 unspecified atom stereocenters. The molecular weight excluding hydrogens is 238 g/mol. The Hall–Kier alpha value is -1.51. The molecule has 0 radical (unpaired) electrons. The molecular formula is C16H23NO2. The number of carbonyl (C=O) groups is 1. The second-order valence-corrected chi connectivity index (χ2v) is 5.80. The summed E-state index contributed by atoms with van der Waals surface area (Å²) in [7, 11) is 3.46. The third-order valence-corrected chi connectivity index (χ3v) is 3.88. The number of nitrogens with zero attached hydrogens (tertiary/aromatic N) is 1. The van der Waals surface area contributed by atoms with Gasteiger partial charge in [0.15, 0.2) is 0 Å². The van der Waals surface area contributed by atoms with Crippen LogP contribution in [-0.2, 0) is 6.42 Å². The highest BCUT2D eigenvalue weighted by atomic mass is 16.3. The van der Waals surface area contributed by atoms with Gasteiger partial charge in [-0.25, -0.2) is 0 Å². The van der Waals surface area contributed by atoms with Crippen LogP contribution in [0.3, 0.4) is 0 Å². The number of hydrogen-bond acceptors (Lipinski definition) is 2. The van der Waals surface area contributed by atoms with Crippen molar-refractivity contribution in [2.24, 2.45) is 5.92 Å². The van der Waals surface area contributed by atoms with Crippen molar-refractivity contribution in [2.45, 2.75) is 38.5 Å². The molecule has 1 aromatic rings. The van der Waals surface area contributed by atoms with Crippen LogP contribution in [0.4, 0.5) is 0 Å². The van der Waals surface area contributed by atoms with Gasteiger partial charge >= 0.3 is 0 Å². The van der Waals surface area contributed by atoms with E-state index in [1.807, 2.05) is 6.07 Å². The number of hydrogen-bond donors (Lipinski definition) is 1. The largest absolute Gasteiger partial charge is 0.508 e. The summed E-state index contributed by atoms with van der Waals surface area (Å²) in [6.45, 7) is 0. The lowest BCUT2D eigenvalue weighted by Gasteiger charge is -2.22. The van der Waals surface area contributed by atoms with Crippen LogP contribution in [0, 0.1) is 5.92 Å². The van der Waals surface area contributed by atoms with E-state index in [-0.39, 0.29) is 11.7 Å². The first kappa shape index (κ1) is 13.9. The average Bonchev–Trinajstić information content (AvgIpc) is 2.38. The second kappa shape index (κ2) is 6.09. The summed E-state index contributed by atoms with van der Waals surface area (Å²) in [6.07, 6.45) is 7.49. The first-order chi connectivity index (χ1) is 9.06. The number of phenolic OH excluding ortho intramolecular Hbond substituents is 1. The van der Waals surface area contributed by atoms with Gasteiger partial charge in [0.25, 0.3) is 5.91 Å². The molecule has 3 heteroatoms. The molecule has 0 bridgehead atoms. The van der Waals surface area contributed by atoms with Gasteiger partial charge < -0.3 is 10.0 Å². The van der Waals surface area contributed by atoms with E-state index in [0.29, 0.717) is 11.5 Å². The predicted molar refractivity (Wildman–Crippen MR) is 76.4 cm³/mol. The molecule has 1 N–H and O–H groups in total. The highest BCUT2D eigenvalue weighted by molar-refractivity contribution is 5.94. The van der Waals surface area contributed by atoms with Crippen molar-refractivity contribution in [3.63, 3.8) is 0 Å². The van der Waals surface area contributed by atoms with E-state index in [2.05, 4.69) is 0 Å². The van der Waals surface area contributed by atoms with Crippen molar-refractivity contribution < 1.29 is 9.90 Å². The van der Waals surface area contributed by atoms with Gasteiger partial charge in [0.05, 0.1) is 0 Å². The number of carbonyl (C=O) groups excluding carboxylic acids is 1. The van der Waals surface area contributed by atoms with Crippen LogP contribution in [0.1, 0.15) is 48.0 Å². The number of amides is 1. The summed E-state index contributed by atoms with van der Waals surface area (Å²) in [4.78, 5) is 13.5. The Morgan fingerprint density at radius 2 is 1.89 bits per heavy atom. The molecule has 0 saturated heterocycles. The molecule has 1 saturated carbocycles. The minimum atomic E-state index is -0.0548. The predicted octanol–water partition coefficient (Wildman–Crippen LogP) is 3.22. The summed E-state index contributed by atoms with van der Waals surface area (Å²) < 4.78 is 0. The summed E-state index contributed by atoms with van der Waals surface area (Å²) in [5, 5.41) is 9.78. The van der Waals surface area contributed by atoms with E-state index in [1.165, 1.54) is 32.1 Å². The van der Waals surface area contributed by atoms with E-state index < -0.39 is 0 Å². The first-order valence-electron chi connectivity index (χ1n) is 7.11. The Kier molecular flexibility index (Phi) is 4.46. The molecule has 19 heavy (non-hydrogen) atoms. The van der Waals surface area contributed by atoms with Crippen LogP contribution in [0.2, 0.25) is 0 Å². The molecule has 0 heterocycles. The molecule has 1 aromatic carbocycles. The van der Waals surface area contributed by atoms with Gasteiger partial charge in [0.2, 0.25) is 0 Å². The summed E-state index contributed by atoms with van der Waals surface area (Å²) in [5.74, 6) is 0.845. The van der Waals surface area contributed by atoms with Crippen molar-refractivity contribution >= 4 is 5.91 Å². The molecule has 0 spiro atoms. The fraction of sp³-hybridized carbons (Fsp3) is 0.562. The molecule has 3 nitrogen and oxygen atoms in total. The number of benzene rings is 1. The fourth-order valence-electron chi connectivity index (χ4n) is 2.90. The summed E-state index contributed by atoms with van der Waals surface area (Å²) >= 11 is 0. The Bertz CT molecular complexity index is 448. The van der Waals surface area contributed by atoms with Crippen LogP contribution in [0.15, 0.2) is 18.2 Å². The number of phenols is 1. The molecule has 0 aromatic heterocycles. The van der Waals surface area contributed by atoms with E-state index in [9.17, 15) is 9.90 Å². The van der Waals surface area contributed by atoms with Crippen molar-refractivity contribution in [3.8, 4) is 5.75 Å². The Balaban J connectivity index is 2.14. The zero-order valence-corrected chi connectivity index (χ0v) is 11.9. The van der Waals surface area contributed by atoms with Gasteiger partial charge in [-0.3, -0.25) is 4.79 Å². The lowest BCUT2D eigenvalue weighted by molar-refractivity contribution is 0.0827. The van der Waals surface area contributed by atoms with Gasteiger partial charge in [0.1, 0.15) is 5.75 Å². The van der Waals surface area contributed by atoms with Gasteiger partial charge in [-0.2, -0.15) is 0 Å². The van der Waals surface area contributed by atoms with Crippen LogP contribution in [0.5, 0.6) is 5.75 Å². The van der Waals surface area contributed by atoms with Crippen LogP contribution in [-0.4, -0.2) is 30.0 Å². The maximum atomic E-state index is 12.0. The van der Waals surface area contributed by atoms with Crippen LogP contribution >= 0.6 is 0 Å². The standard InChI is InChI=1S/C16H23NO2/c1-17(2)16(19)14-9-13(10-15(18)11-14)8-12-6-4-3-5-7-12/h9-12,18H,3-8H2,1-2H3. The van der Waals surface area contributed by atoms with Crippen molar-refractivity contribution in [1.29, 1.82) is 0 Å². The van der Waals surface area contributed by atoms with E-state index in [1.54, 1.807) is 31.1 Å². The average molecular weight is 261 g/mol. The molecule has 104 valence electrons. The third-order valence-electron chi connectivity index (χ3n) is 3.88. The monoisotopic (exact) mass is 261 g/mol. The second-order valence-electron chi connectivity index (χ2n) is 5.80. The van der Waals surface area contributed by atoms with Crippen LogP contribution in [0.25, 0.3) is 0 Å². The van der Waals surface area contributed by atoms with Crippen molar-refractivity contribution in [2.75, 3.05) is 14.1 Å². The highest BCUT2D eigenvalue weighted by Gasteiger charge is 2.16.